The highest BCUT2D eigenvalue weighted by molar-refractivity contribution is 7.12. The molecule has 0 saturated carbocycles. The predicted octanol–water partition coefficient (Wildman–Crippen LogP) is 4.14. The molecule has 2 aromatic heterocycles. The first-order valence-electron chi connectivity index (χ1n) is 11.8. The van der Waals surface area contributed by atoms with Gasteiger partial charge in [0.25, 0.3) is 5.91 Å². The van der Waals surface area contributed by atoms with E-state index in [1.54, 1.807) is 35.3 Å². The van der Waals surface area contributed by atoms with Gasteiger partial charge in [-0.3, -0.25) is 14.3 Å². The van der Waals surface area contributed by atoms with E-state index >= 15 is 0 Å². The third-order valence-corrected chi connectivity index (χ3v) is 7.53. The number of ether oxygens (including phenoxy) is 2. The number of aryl methyl sites for hydroxylation is 2. The van der Waals surface area contributed by atoms with Crippen molar-refractivity contribution in [3.8, 4) is 22.8 Å². The first kappa shape index (κ1) is 22.5. The summed E-state index contributed by atoms with van der Waals surface area (Å²) in [7, 11) is 1.77. The Balaban J connectivity index is 1.17. The number of benzene rings is 2. The van der Waals surface area contributed by atoms with Crippen LogP contribution in [0, 0.1) is 6.92 Å². The number of fused-ring (bicyclic) bond motifs is 2. The number of hydrogen-bond donors (Lipinski definition) is 0. The van der Waals surface area contributed by atoms with E-state index < -0.39 is 0 Å². The third kappa shape index (κ3) is 4.05. The standard InChI is InChI=1S/C27H24N4O4S/c1-16-26(29-25(36-16)14-20(32)11-17-3-6-23-24(12-17)35-15-34-23)19-4-5-21-18(13-19)8-10-31(21)27(33)22-7-9-28-30(22)2/h3-7,9,12-13H,8,10-11,14-15H2,1-2H3. The second kappa shape index (κ2) is 8.91. The Morgan fingerprint density at radius 3 is 2.75 bits per heavy atom. The minimum Gasteiger partial charge on any atom is -0.454 e. The molecule has 8 nitrogen and oxygen atoms in total. The molecule has 0 fully saturated rings. The number of nitrogens with zero attached hydrogens (tertiary/aromatic N) is 4. The zero-order valence-electron chi connectivity index (χ0n) is 20.0. The summed E-state index contributed by atoms with van der Waals surface area (Å²) < 4.78 is 12.4. The van der Waals surface area contributed by atoms with Crippen molar-refractivity contribution >= 4 is 28.7 Å². The summed E-state index contributed by atoms with van der Waals surface area (Å²) in [4.78, 5) is 33.5. The minimum absolute atomic E-state index is 0.0467. The average Bonchev–Trinajstić information content (AvgIpc) is 3.64. The highest BCUT2D eigenvalue weighted by Gasteiger charge is 2.28. The lowest BCUT2D eigenvalue weighted by Gasteiger charge is -2.17. The van der Waals surface area contributed by atoms with E-state index in [0.29, 0.717) is 30.2 Å². The van der Waals surface area contributed by atoms with Crippen LogP contribution in [0.1, 0.15) is 31.5 Å². The largest absolute Gasteiger partial charge is 0.454 e. The predicted molar refractivity (Wildman–Crippen MR) is 136 cm³/mol. The van der Waals surface area contributed by atoms with Gasteiger partial charge in [-0.1, -0.05) is 12.1 Å². The topological polar surface area (TPSA) is 86.6 Å². The summed E-state index contributed by atoms with van der Waals surface area (Å²) in [5.41, 5.74) is 5.42. The molecule has 0 aliphatic carbocycles. The molecule has 0 atom stereocenters. The van der Waals surface area contributed by atoms with E-state index in [0.717, 1.165) is 44.4 Å². The number of hydrogen-bond acceptors (Lipinski definition) is 7. The van der Waals surface area contributed by atoms with Crippen molar-refractivity contribution in [3.05, 3.63) is 75.4 Å². The summed E-state index contributed by atoms with van der Waals surface area (Å²) in [5.74, 6) is 1.46. The molecule has 2 aliphatic rings. The van der Waals surface area contributed by atoms with E-state index in [-0.39, 0.29) is 24.9 Å². The summed E-state index contributed by atoms with van der Waals surface area (Å²) >= 11 is 1.56. The maximum atomic E-state index is 13.0. The molecule has 0 radical (unpaired) electrons. The van der Waals surface area contributed by atoms with Gasteiger partial charge in [0.1, 0.15) is 16.5 Å². The molecule has 4 aromatic rings. The lowest BCUT2D eigenvalue weighted by molar-refractivity contribution is -0.117. The molecule has 9 heteroatoms. The monoisotopic (exact) mass is 500 g/mol. The molecule has 182 valence electrons. The molecule has 1 amide bonds. The van der Waals surface area contributed by atoms with Gasteiger partial charge in [0.15, 0.2) is 11.5 Å². The molecular weight excluding hydrogens is 476 g/mol. The first-order valence-corrected chi connectivity index (χ1v) is 12.6. The number of thiazole rings is 1. The van der Waals surface area contributed by atoms with Gasteiger partial charge < -0.3 is 14.4 Å². The number of carbonyl (C=O) groups is 2. The molecule has 6 rings (SSSR count). The number of amides is 1. The van der Waals surface area contributed by atoms with Gasteiger partial charge in [0.05, 0.1) is 12.1 Å². The van der Waals surface area contributed by atoms with Crippen molar-refractivity contribution in [1.82, 2.24) is 14.8 Å². The number of Topliss-reactive ketones (excluding diaryl/α,β-unsaturated/α-hetero) is 1. The molecule has 36 heavy (non-hydrogen) atoms. The van der Waals surface area contributed by atoms with Crippen LogP contribution in [-0.4, -0.2) is 39.8 Å². The van der Waals surface area contributed by atoms with Crippen LogP contribution >= 0.6 is 11.3 Å². The molecule has 0 spiro atoms. The average molecular weight is 501 g/mol. The van der Waals surface area contributed by atoms with E-state index in [1.165, 1.54) is 0 Å². The van der Waals surface area contributed by atoms with Crippen LogP contribution in [0.25, 0.3) is 11.3 Å². The second-order valence-electron chi connectivity index (χ2n) is 8.98. The van der Waals surface area contributed by atoms with Crippen LogP contribution in [0.4, 0.5) is 5.69 Å². The lowest BCUT2D eigenvalue weighted by Crippen LogP contribution is -2.30. The van der Waals surface area contributed by atoms with Crippen LogP contribution in [0.2, 0.25) is 0 Å². The highest BCUT2D eigenvalue weighted by Crippen LogP contribution is 2.36. The summed E-state index contributed by atoms with van der Waals surface area (Å²) in [6.07, 6.45) is 3.04. The van der Waals surface area contributed by atoms with Crippen LogP contribution in [0.5, 0.6) is 11.5 Å². The van der Waals surface area contributed by atoms with Gasteiger partial charge in [-0.25, -0.2) is 4.98 Å². The normalized spacial score (nSPS) is 13.8. The number of anilines is 1. The van der Waals surface area contributed by atoms with Gasteiger partial charge in [0.2, 0.25) is 6.79 Å². The van der Waals surface area contributed by atoms with Crippen LogP contribution in [0.3, 0.4) is 0 Å². The van der Waals surface area contributed by atoms with Gasteiger partial charge in [-0.2, -0.15) is 5.10 Å². The quantitative estimate of drug-likeness (QED) is 0.396. The summed E-state index contributed by atoms with van der Waals surface area (Å²) in [6, 6.07) is 13.5. The molecule has 2 aromatic carbocycles. The fourth-order valence-corrected chi connectivity index (χ4v) is 5.77. The van der Waals surface area contributed by atoms with Crippen molar-refractivity contribution < 1.29 is 19.1 Å². The van der Waals surface area contributed by atoms with Crippen molar-refractivity contribution in [3.63, 3.8) is 0 Å². The second-order valence-corrected chi connectivity index (χ2v) is 10.3. The van der Waals surface area contributed by atoms with Crippen molar-refractivity contribution in [2.45, 2.75) is 26.2 Å². The van der Waals surface area contributed by atoms with Crippen molar-refractivity contribution in [2.24, 2.45) is 7.05 Å². The number of carbonyl (C=O) groups excluding carboxylic acids is 2. The Kier molecular flexibility index (Phi) is 5.56. The Morgan fingerprint density at radius 2 is 1.92 bits per heavy atom. The van der Waals surface area contributed by atoms with Crippen LogP contribution < -0.4 is 14.4 Å². The Hall–Kier alpha value is -3.98. The molecule has 2 aliphatic heterocycles. The summed E-state index contributed by atoms with van der Waals surface area (Å²) in [6.45, 7) is 2.89. The SMILES string of the molecule is Cc1sc(CC(=O)Cc2ccc3c(c2)OCO3)nc1-c1ccc2c(c1)CCN2C(=O)c1ccnn1C. The third-order valence-electron chi connectivity index (χ3n) is 6.56. The molecule has 0 saturated heterocycles. The van der Waals surface area contributed by atoms with E-state index in [1.807, 2.05) is 42.2 Å². The van der Waals surface area contributed by atoms with Gasteiger partial charge in [0, 0.05) is 42.3 Å². The van der Waals surface area contributed by atoms with E-state index in [2.05, 4.69) is 11.2 Å². The smallest absolute Gasteiger partial charge is 0.276 e. The molecule has 4 heterocycles. The molecule has 0 bridgehead atoms. The Morgan fingerprint density at radius 1 is 1.06 bits per heavy atom. The van der Waals surface area contributed by atoms with Crippen LogP contribution in [-0.2, 0) is 31.1 Å². The number of rotatable bonds is 6. The van der Waals surface area contributed by atoms with Crippen LogP contribution in [0.15, 0.2) is 48.7 Å². The lowest BCUT2D eigenvalue weighted by atomic mass is 10.1. The summed E-state index contributed by atoms with van der Waals surface area (Å²) in [5, 5.41) is 4.92. The first-order chi connectivity index (χ1) is 17.5. The Labute approximate surface area is 212 Å². The fourth-order valence-electron chi connectivity index (χ4n) is 4.79. The zero-order chi connectivity index (χ0) is 24.8. The number of aromatic nitrogens is 3. The number of ketones is 1. The van der Waals surface area contributed by atoms with Crippen molar-refractivity contribution in [1.29, 1.82) is 0 Å². The fraction of sp³-hybridized carbons (Fsp3) is 0.259. The maximum Gasteiger partial charge on any atom is 0.276 e. The maximum absolute atomic E-state index is 13.0. The van der Waals surface area contributed by atoms with Gasteiger partial charge in [-0.15, -0.1) is 11.3 Å². The van der Waals surface area contributed by atoms with E-state index in [9.17, 15) is 9.59 Å². The minimum atomic E-state index is -0.0467. The zero-order valence-corrected chi connectivity index (χ0v) is 20.8. The molecule has 0 unspecified atom stereocenters. The van der Waals surface area contributed by atoms with Crippen molar-refractivity contribution in [2.75, 3.05) is 18.2 Å². The molecular formula is C27H24N4O4S. The van der Waals surface area contributed by atoms with E-state index in [4.69, 9.17) is 14.5 Å². The highest BCUT2D eigenvalue weighted by atomic mass is 32.1. The van der Waals surface area contributed by atoms with Gasteiger partial charge in [-0.05, 0) is 54.8 Å². The Bertz CT molecular complexity index is 1510. The van der Waals surface area contributed by atoms with Gasteiger partial charge >= 0.3 is 0 Å². The molecule has 0 N–H and O–H groups in total.